The van der Waals surface area contributed by atoms with E-state index in [-0.39, 0.29) is 12.5 Å². The summed E-state index contributed by atoms with van der Waals surface area (Å²) in [6, 6.07) is 7.30. The number of fused-ring (bicyclic) bond motifs is 1. The lowest BCUT2D eigenvalue weighted by Gasteiger charge is -2.18. The summed E-state index contributed by atoms with van der Waals surface area (Å²) in [5, 5.41) is 29.1. The zero-order valence-corrected chi connectivity index (χ0v) is 13.2. The van der Waals surface area contributed by atoms with Crippen LogP contribution >= 0.6 is 0 Å². The second kappa shape index (κ2) is 6.35. The molecule has 0 amide bonds. The molecule has 5 nitrogen and oxygen atoms in total. The molecule has 1 aliphatic carbocycles. The topological polar surface area (TPSA) is 78.4 Å². The minimum absolute atomic E-state index is 0.00845. The lowest BCUT2D eigenvalue weighted by molar-refractivity contribution is 0.296. The molecular formula is C18H20N2O3. The lowest BCUT2D eigenvalue weighted by Crippen LogP contribution is -2.08. The third kappa shape index (κ3) is 2.55. The summed E-state index contributed by atoms with van der Waals surface area (Å²) in [5.41, 5.74) is 4.30. The molecule has 120 valence electrons. The maximum Gasteiger partial charge on any atom is 0.199 e. The molecular weight excluding hydrogens is 292 g/mol. The van der Waals surface area contributed by atoms with Crippen molar-refractivity contribution >= 4 is 0 Å². The molecule has 3 rings (SSSR count). The van der Waals surface area contributed by atoms with E-state index in [9.17, 15) is 10.2 Å². The molecule has 0 bridgehead atoms. The predicted molar refractivity (Wildman–Crippen MR) is 86.1 cm³/mol. The van der Waals surface area contributed by atoms with Gasteiger partial charge in [-0.15, -0.1) is 0 Å². The van der Waals surface area contributed by atoms with Crippen molar-refractivity contribution in [3.8, 4) is 23.4 Å². The van der Waals surface area contributed by atoms with Crippen LogP contribution in [0, 0.1) is 11.3 Å². The maximum absolute atomic E-state index is 10.7. The van der Waals surface area contributed by atoms with Crippen molar-refractivity contribution < 1.29 is 14.9 Å². The van der Waals surface area contributed by atoms with Crippen molar-refractivity contribution in [3.63, 3.8) is 0 Å². The smallest absolute Gasteiger partial charge is 0.199 e. The number of benzene rings is 1. The average molecular weight is 312 g/mol. The van der Waals surface area contributed by atoms with Crippen molar-refractivity contribution in [2.24, 2.45) is 0 Å². The largest absolute Gasteiger partial charge is 0.495 e. The SMILES string of the molecule is COc1cc(C#N)ccc1-n1c(O)c(CCO)c2c1CCCC2. The highest BCUT2D eigenvalue weighted by Crippen LogP contribution is 2.39. The van der Waals surface area contributed by atoms with Gasteiger partial charge in [0.25, 0.3) is 0 Å². The van der Waals surface area contributed by atoms with Crippen molar-refractivity contribution in [1.82, 2.24) is 4.57 Å². The molecule has 5 heteroatoms. The fourth-order valence-corrected chi connectivity index (χ4v) is 3.42. The van der Waals surface area contributed by atoms with Gasteiger partial charge in [0.15, 0.2) is 5.88 Å². The van der Waals surface area contributed by atoms with Crippen LogP contribution in [0.5, 0.6) is 11.6 Å². The quantitative estimate of drug-likeness (QED) is 0.909. The zero-order valence-electron chi connectivity index (χ0n) is 13.2. The second-order valence-electron chi connectivity index (χ2n) is 5.74. The number of aromatic hydroxyl groups is 1. The molecule has 0 fully saturated rings. The van der Waals surface area contributed by atoms with Gasteiger partial charge in [0.2, 0.25) is 0 Å². The van der Waals surface area contributed by atoms with Gasteiger partial charge in [-0.1, -0.05) is 0 Å². The molecule has 0 saturated carbocycles. The number of rotatable bonds is 4. The highest BCUT2D eigenvalue weighted by atomic mass is 16.5. The highest BCUT2D eigenvalue weighted by Gasteiger charge is 2.26. The van der Waals surface area contributed by atoms with Crippen molar-refractivity contribution in [3.05, 3.63) is 40.6 Å². The summed E-state index contributed by atoms with van der Waals surface area (Å²) in [7, 11) is 1.56. The average Bonchev–Trinajstić information content (AvgIpc) is 2.87. The number of nitriles is 1. The molecule has 0 spiro atoms. The molecule has 0 atom stereocenters. The van der Waals surface area contributed by atoms with E-state index in [1.54, 1.807) is 25.3 Å². The number of hydrogen-bond acceptors (Lipinski definition) is 4. The van der Waals surface area contributed by atoms with Crippen LogP contribution in [0.4, 0.5) is 0 Å². The van der Waals surface area contributed by atoms with Gasteiger partial charge in [-0.05, 0) is 43.4 Å². The number of aliphatic hydroxyl groups excluding tert-OH is 1. The van der Waals surface area contributed by atoms with Gasteiger partial charge < -0.3 is 14.9 Å². The first-order valence-corrected chi connectivity index (χ1v) is 7.85. The van der Waals surface area contributed by atoms with Gasteiger partial charge in [0.1, 0.15) is 5.75 Å². The number of aliphatic hydroxyl groups is 1. The Kier molecular flexibility index (Phi) is 4.26. The Labute approximate surface area is 135 Å². The predicted octanol–water partition coefficient (Wildman–Crippen LogP) is 2.48. The first kappa shape index (κ1) is 15.4. The molecule has 23 heavy (non-hydrogen) atoms. The van der Waals surface area contributed by atoms with E-state index in [2.05, 4.69) is 6.07 Å². The van der Waals surface area contributed by atoms with E-state index in [1.807, 2.05) is 4.57 Å². The van der Waals surface area contributed by atoms with E-state index >= 15 is 0 Å². The number of nitrogens with zero attached hydrogens (tertiary/aromatic N) is 2. The number of hydrogen-bond donors (Lipinski definition) is 2. The lowest BCUT2D eigenvalue weighted by atomic mass is 9.94. The molecule has 2 aromatic rings. The van der Waals surface area contributed by atoms with Crippen LogP contribution in [0.2, 0.25) is 0 Å². The van der Waals surface area contributed by atoms with E-state index in [4.69, 9.17) is 10.00 Å². The van der Waals surface area contributed by atoms with Gasteiger partial charge in [0.05, 0.1) is 24.4 Å². The summed E-state index contributed by atoms with van der Waals surface area (Å²) < 4.78 is 7.24. The Bertz CT molecular complexity index is 772. The van der Waals surface area contributed by atoms with Crippen LogP contribution in [0.3, 0.4) is 0 Å². The van der Waals surface area contributed by atoms with Crippen LogP contribution < -0.4 is 4.74 Å². The molecule has 1 heterocycles. The number of methoxy groups -OCH3 is 1. The fraction of sp³-hybridized carbons (Fsp3) is 0.389. The van der Waals surface area contributed by atoms with Gasteiger partial charge in [-0.25, -0.2) is 0 Å². The Balaban J connectivity index is 2.22. The van der Waals surface area contributed by atoms with Gasteiger partial charge in [-0.2, -0.15) is 5.26 Å². The third-order valence-corrected chi connectivity index (χ3v) is 4.47. The first-order valence-electron chi connectivity index (χ1n) is 7.85. The minimum atomic E-state index is 0.00845. The standard InChI is InChI=1S/C18H20N2O3/c1-23-17-10-12(11-19)6-7-16(17)20-15-5-3-2-4-13(15)14(8-9-21)18(20)22/h6-7,10,21-22H,2-5,8-9H2,1H3. The monoisotopic (exact) mass is 312 g/mol. The number of aromatic nitrogens is 1. The molecule has 0 radical (unpaired) electrons. The molecule has 1 aliphatic rings. The van der Waals surface area contributed by atoms with E-state index < -0.39 is 0 Å². The Morgan fingerprint density at radius 3 is 2.78 bits per heavy atom. The summed E-state index contributed by atoms with van der Waals surface area (Å²) in [6.07, 6.45) is 4.42. The van der Waals surface area contributed by atoms with Gasteiger partial charge in [0, 0.05) is 30.4 Å². The summed E-state index contributed by atoms with van der Waals surface area (Å²) in [5.74, 6) is 0.729. The summed E-state index contributed by atoms with van der Waals surface area (Å²) in [4.78, 5) is 0. The van der Waals surface area contributed by atoms with Crippen LogP contribution in [-0.2, 0) is 19.3 Å². The molecule has 1 aromatic heterocycles. The molecule has 0 unspecified atom stereocenters. The van der Waals surface area contributed by atoms with E-state index in [1.165, 1.54) is 0 Å². The molecule has 1 aromatic carbocycles. The van der Waals surface area contributed by atoms with E-state index in [0.29, 0.717) is 17.7 Å². The molecule has 0 aliphatic heterocycles. The van der Waals surface area contributed by atoms with Gasteiger partial charge in [-0.3, -0.25) is 4.57 Å². The van der Waals surface area contributed by atoms with Crippen LogP contribution in [0.1, 0.15) is 35.2 Å². The van der Waals surface area contributed by atoms with E-state index in [0.717, 1.165) is 48.2 Å². The molecule has 2 N–H and O–H groups in total. The third-order valence-electron chi connectivity index (χ3n) is 4.47. The van der Waals surface area contributed by atoms with Crippen LogP contribution in [0.15, 0.2) is 18.2 Å². The van der Waals surface area contributed by atoms with Crippen molar-refractivity contribution in [1.29, 1.82) is 5.26 Å². The Morgan fingerprint density at radius 2 is 2.09 bits per heavy atom. The zero-order chi connectivity index (χ0) is 16.4. The van der Waals surface area contributed by atoms with Crippen molar-refractivity contribution in [2.45, 2.75) is 32.1 Å². The highest BCUT2D eigenvalue weighted by molar-refractivity contribution is 5.58. The fourth-order valence-electron chi connectivity index (χ4n) is 3.42. The minimum Gasteiger partial charge on any atom is -0.495 e. The Hall–Kier alpha value is -2.45. The maximum atomic E-state index is 10.7. The van der Waals surface area contributed by atoms with Crippen molar-refractivity contribution in [2.75, 3.05) is 13.7 Å². The molecule has 0 saturated heterocycles. The van der Waals surface area contributed by atoms with Crippen LogP contribution in [-0.4, -0.2) is 28.5 Å². The Morgan fingerprint density at radius 1 is 1.30 bits per heavy atom. The normalized spacial score (nSPS) is 13.4. The second-order valence-corrected chi connectivity index (χ2v) is 5.74. The number of ether oxygens (including phenoxy) is 1. The first-order chi connectivity index (χ1) is 11.2. The van der Waals surface area contributed by atoms with Crippen LogP contribution in [0.25, 0.3) is 5.69 Å². The summed E-state index contributed by atoms with van der Waals surface area (Å²) in [6.45, 7) is 0.00845. The summed E-state index contributed by atoms with van der Waals surface area (Å²) >= 11 is 0. The van der Waals surface area contributed by atoms with Gasteiger partial charge >= 0.3 is 0 Å².